The van der Waals surface area contributed by atoms with E-state index in [0.29, 0.717) is 32.5 Å². The highest BCUT2D eigenvalue weighted by Crippen LogP contribution is 2.23. The van der Waals surface area contributed by atoms with Crippen molar-refractivity contribution in [3.8, 4) is 0 Å². The van der Waals surface area contributed by atoms with Gasteiger partial charge in [-0.2, -0.15) is 0 Å². The lowest BCUT2D eigenvalue weighted by molar-refractivity contribution is -0.146. The van der Waals surface area contributed by atoms with Gasteiger partial charge in [0, 0.05) is 19.6 Å². The molecule has 3 unspecified atom stereocenters. The third-order valence-electron chi connectivity index (χ3n) is 3.92. The first-order chi connectivity index (χ1) is 9.86. The molecule has 0 radical (unpaired) electrons. The summed E-state index contributed by atoms with van der Waals surface area (Å²) < 4.78 is 4.73. The Labute approximate surface area is 124 Å². The van der Waals surface area contributed by atoms with Gasteiger partial charge in [0.2, 0.25) is 0 Å². The second-order valence-corrected chi connectivity index (χ2v) is 5.63. The molecule has 1 heterocycles. The maximum Gasteiger partial charge on any atom is 0.317 e. The Morgan fingerprint density at radius 3 is 2.62 bits per heavy atom. The minimum absolute atomic E-state index is 0.0789. The lowest BCUT2D eigenvalue weighted by Crippen LogP contribution is -2.39. The molecule has 1 aliphatic heterocycles. The minimum atomic E-state index is -0.824. The maximum atomic E-state index is 12.0. The van der Waals surface area contributed by atoms with Crippen molar-refractivity contribution in [3.05, 3.63) is 0 Å². The summed E-state index contributed by atoms with van der Waals surface area (Å²) in [4.78, 5) is 35.8. The van der Waals surface area contributed by atoms with E-state index in [9.17, 15) is 14.4 Å². The van der Waals surface area contributed by atoms with Gasteiger partial charge in [0.05, 0.1) is 18.9 Å². The van der Waals surface area contributed by atoms with Gasteiger partial charge >= 0.3 is 18.0 Å². The number of esters is 1. The van der Waals surface area contributed by atoms with E-state index in [2.05, 4.69) is 5.32 Å². The molecule has 1 saturated heterocycles. The predicted octanol–water partition coefficient (Wildman–Crippen LogP) is 0.938. The number of methoxy groups -OCH3 is 1. The van der Waals surface area contributed by atoms with E-state index in [1.54, 1.807) is 11.8 Å². The van der Waals surface area contributed by atoms with E-state index in [4.69, 9.17) is 9.84 Å². The van der Waals surface area contributed by atoms with Gasteiger partial charge < -0.3 is 20.1 Å². The standard InChI is InChI=1S/C14H24N2O5/c1-9(12(17)18)5-4-6-15-14(20)16-7-10(2)11(8-16)13(19)21-3/h9-11H,4-8H2,1-3H3,(H,15,20)(H,17,18). The van der Waals surface area contributed by atoms with Crippen LogP contribution in [0, 0.1) is 17.8 Å². The molecule has 3 atom stereocenters. The van der Waals surface area contributed by atoms with E-state index < -0.39 is 11.9 Å². The van der Waals surface area contributed by atoms with E-state index in [1.165, 1.54) is 7.11 Å². The van der Waals surface area contributed by atoms with Crippen LogP contribution in [-0.2, 0) is 14.3 Å². The molecule has 7 heteroatoms. The zero-order chi connectivity index (χ0) is 16.0. The van der Waals surface area contributed by atoms with Gasteiger partial charge in [0.15, 0.2) is 0 Å². The van der Waals surface area contributed by atoms with Gasteiger partial charge in [0.25, 0.3) is 0 Å². The number of hydrogen-bond acceptors (Lipinski definition) is 4. The normalized spacial score (nSPS) is 22.7. The predicted molar refractivity (Wildman–Crippen MR) is 75.7 cm³/mol. The van der Waals surface area contributed by atoms with Crippen molar-refractivity contribution in [1.29, 1.82) is 0 Å². The second kappa shape index (κ2) is 7.85. The van der Waals surface area contributed by atoms with Crippen LogP contribution in [-0.4, -0.2) is 54.7 Å². The first kappa shape index (κ1) is 17.3. The van der Waals surface area contributed by atoms with Crippen molar-refractivity contribution in [1.82, 2.24) is 10.2 Å². The summed E-state index contributed by atoms with van der Waals surface area (Å²) in [6.45, 7) is 4.89. The van der Waals surface area contributed by atoms with Gasteiger partial charge in [-0.15, -0.1) is 0 Å². The Morgan fingerprint density at radius 2 is 2.05 bits per heavy atom. The average molecular weight is 300 g/mol. The quantitative estimate of drug-likeness (QED) is 0.562. The van der Waals surface area contributed by atoms with E-state index in [-0.39, 0.29) is 23.8 Å². The van der Waals surface area contributed by atoms with E-state index >= 15 is 0 Å². The first-order valence-corrected chi connectivity index (χ1v) is 7.20. The highest BCUT2D eigenvalue weighted by atomic mass is 16.5. The summed E-state index contributed by atoms with van der Waals surface area (Å²) in [7, 11) is 1.35. The first-order valence-electron chi connectivity index (χ1n) is 7.20. The molecule has 0 aliphatic carbocycles. The SMILES string of the molecule is COC(=O)C1CN(C(=O)NCCCC(C)C(=O)O)CC1C. The molecule has 21 heavy (non-hydrogen) atoms. The molecule has 2 N–H and O–H groups in total. The lowest BCUT2D eigenvalue weighted by Gasteiger charge is -2.17. The van der Waals surface area contributed by atoms with Crippen LogP contribution in [0.5, 0.6) is 0 Å². The van der Waals surface area contributed by atoms with E-state index in [1.807, 2.05) is 6.92 Å². The van der Waals surface area contributed by atoms with Gasteiger partial charge in [-0.25, -0.2) is 4.79 Å². The number of nitrogens with one attached hydrogen (secondary N) is 1. The molecular weight excluding hydrogens is 276 g/mol. The Morgan fingerprint density at radius 1 is 1.38 bits per heavy atom. The van der Waals surface area contributed by atoms with Crippen LogP contribution in [0.1, 0.15) is 26.7 Å². The maximum absolute atomic E-state index is 12.0. The summed E-state index contributed by atoms with van der Waals surface area (Å²) in [6.07, 6.45) is 1.14. The number of carbonyl (C=O) groups is 3. The van der Waals surface area contributed by atoms with Crippen LogP contribution in [0.15, 0.2) is 0 Å². The van der Waals surface area contributed by atoms with Crippen molar-refractivity contribution < 1.29 is 24.2 Å². The summed E-state index contributed by atoms with van der Waals surface area (Å²) in [5.41, 5.74) is 0. The fourth-order valence-corrected chi connectivity index (χ4v) is 2.43. The van der Waals surface area contributed by atoms with Crippen molar-refractivity contribution in [2.75, 3.05) is 26.7 Å². The minimum Gasteiger partial charge on any atom is -0.481 e. The van der Waals surface area contributed by atoms with Crippen LogP contribution in [0.2, 0.25) is 0 Å². The number of rotatable bonds is 6. The number of carboxylic acid groups (broad SMARTS) is 1. The Balaban J connectivity index is 2.30. The molecule has 0 saturated carbocycles. The highest BCUT2D eigenvalue weighted by molar-refractivity contribution is 5.78. The third kappa shape index (κ3) is 4.91. The molecule has 1 aliphatic rings. The lowest BCUT2D eigenvalue weighted by atomic mass is 9.99. The van der Waals surface area contributed by atoms with Crippen molar-refractivity contribution in [2.45, 2.75) is 26.7 Å². The van der Waals surface area contributed by atoms with Gasteiger partial charge in [-0.05, 0) is 18.8 Å². The molecular formula is C14H24N2O5. The highest BCUT2D eigenvalue weighted by Gasteiger charge is 2.37. The Kier molecular flexibility index (Phi) is 6.45. The van der Waals surface area contributed by atoms with Gasteiger partial charge in [0.1, 0.15) is 0 Å². The van der Waals surface area contributed by atoms with E-state index in [0.717, 1.165) is 0 Å². The van der Waals surface area contributed by atoms with Crippen molar-refractivity contribution in [3.63, 3.8) is 0 Å². The Hall–Kier alpha value is -1.79. The fourth-order valence-electron chi connectivity index (χ4n) is 2.43. The molecule has 7 nitrogen and oxygen atoms in total. The zero-order valence-electron chi connectivity index (χ0n) is 12.8. The van der Waals surface area contributed by atoms with Crippen molar-refractivity contribution >= 4 is 18.0 Å². The molecule has 120 valence electrons. The number of likely N-dealkylation sites (tertiary alicyclic amines) is 1. The number of hydrogen-bond donors (Lipinski definition) is 2. The van der Waals surface area contributed by atoms with Gasteiger partial charge in [-0.3, -0.25) is 9.59 Å². The molecule has 0 spiro atoms. The summed E-state index contributed by atoms with van der Waals surface area (Å²) in [6, 6.07) is -0.212. The number of carbonyl (C=O) groups excluding carboxylic acids is 2. The van der Waals surface area contributed by atoms with Crippen LogP contribution >= 0.6 is 0 Å². The number of nitrogens with zero attached hydrogens (tertiary/aromatic N) is 1. The van der Waals surface area contributed by atoms with Crippen LogP contribution in [0.25, 0.3) is 0 Å². The number of amides is 2. The summed E-state index contributed by atoms with van der Waals surface area (Å²) in [5.74, 6) is -1.70. The summed E-state index contributed by atoms with van der Waals surface area (Å²) >= 11 is 0. The molecule has 0 bridgehead atoms. The third-order valence-corrected chi connectivity index (χ3v) is 3.92. The monoisotopic (exact) mass is 300 g/mol. The van der Waals surface area contributed by atoms with Crippen LogP contribution in [0.3, 0.4) is 0 Å². The van der Waals surface area contributed by atoms with Crippen molar-refractivity contribution in [2.24, 2.45) is 17.8 Å². The second-order valence-electron chi connectivity index (χ2n) is 5.63. The largest absolute Gasteiger partial charge is 0.481 e. The zero-order valence-corrected chi connectivity index (χ0v) is 12.8. The molecule has 0 aromatic carbocycles. The molecule has 1 fully saturated rings. The number of ether oxygens (including phenoxy) is 1. The number of aliphatic carboxylic acids is 1. The van der Waals surface area contributed by atoms with Gasteiger partial charge in [-0.1, -0.05) is 13.8 Å². The molecule has 0 aromatic rings. The van der Waals surface area contributed by atoms with Crippen LogP contribution in [0.4, 0.5) is 4.79 Å². The summed E-state index contributed by atoms with van der Waals surface area (Å²) in [5, 5.41) is 11.5. The topological polar surface area (TPSA) is 95.9 Å². The molecule has 0 aromatic heterocycles. The number of urea groups is 1. The fraction of sp³-hybridized carbons (Fsp3) is 0.786. The molecule has 2 amide bonds. The smallest absolute Gasteiger partial charge is 0.317 e. The molecule has 1 rings (SSSR count). The van der Waals surface area contributed by atoms with Crippen LogP contribution < -0.4 is 5.32 Å². The average Bonchev–Trinajstić information content (AvgIpc) is 2.84. The number of carboxylic acids is 1. The Bertz CT molecular complexity index is 399.